The molecule has 0 amide bonds. The van der Waals surface area contributed by atoms with Crippen molar-refractivity contribution in [3.05, 3.63) is 68.1 Å². The third kappa shape index (κ3) is 2.28. The van der Waals surface area contributed by atoms with Gasteiger partial charge in [0.2, 0.25) is 0 Å². The standard InChI is InChI=1S/C16H12BrFOS/c1-9-13(17)8-15(20-9)16(19)12-6-7-14(18)11-5-3-2-4-10(11)12/h2-8,16,19H,1H3. The molecule has 1 nitrogen and oxygen atoms in total. The minimum Gasteiger partial charge on any atom is -0.383 e. The van der Waals surface area contributed by atoms with E-state index < -0.39 is 6.10 Å². The second-order valence-corrected chi connectivity index (χ2v) is 6.78. The second kappa shape index (κ2) is 5.28. The van der Waals surface area contributed by atoms with Gasteiger partial charge in [0.05, 0.1) is 0 Å². The van der Waals surface area contributed by atoms with Crippen molar-refractivity contribution < 1.29 is 9.50 Å². The Hall–Kier alpha value is -1.23. The van der Waals surface area contributed by atoms with Crippen LogP contribution in [-0.2, 0) is 0 Å². The van der Waals surface area contributed by atoms with Crippen LogP contribution in [0.5, 0.6) is 0 Å². The molecule has 1 aromatic heterocycles. The number of aryl methyl sites for hydroxylation is 1. The summed E-state index contributed by atoms with van der Waals surface area (Å²) in [6, 6.07) is 12.2. The quantitative estimate of drug-likeness (QED) is 0.673. The number of fused-ring (bicyclic) bond motifs is 1. The molecule has 0 aliphatic heterocycles. The van der Waals surface area contributed by atoms with Gasteiger partial charge in [0.1, 0.15) is 11.9 Å². The zero-order valence-corrected chi connectivity index (χ0v) is 13.1. The zero-order chi connectivity index (χ0) is 14.3. The zero-order valence-electron chi connectivity index (χ0n) is 10.7. The van der Waals surface area contributed by atoms with E-state index in [1.54, 1.807) is 18.2 Å². The number of hydrogen-bond acceptors (Lipinski definition) is 2. The topological polar surface area (TPSA) is 20.2 Å². The predicted molar refractivity (Wildman–Crippen MR) is 84.7 cm³/mol. The lowest BCUT2D eigenvalue weighted by atomic mass is 9.99. The van der Waals surface area contributed by atoms with E-state index in [0.29, 0.717) is 5.39 Å². The summed E-state index contributed by atoms with van der Waals surface area (Å²) in [5.41, 5.74) is 0.732. The first-order chi connectivity index (χ1) is 9.58. The normalized spacial score (nSPS) is 12.8. The summed E-state index contributed by atoms with van der Waals surface area (Å²) in [4.78, 5) is 1.97. The Kier molecular flexibility index (Phi) is 3.63. The van der Waals surface area contributed by atoms with Gasteiger partial charge in [-0.15, -0.1) is 11.3 Å². The van der Waals surface area contributed by atoms with Gasteiger partial charge in [-0.25, -0.2) is 4.39 Å². The Morgan fingerprint density at radius 1 is 1.15 bits per heavy atom. The lowest BCUT2D eigenvalue weighted by Crippen LogP contribution is -1.99. The van der Waals surface area contributed by atoms with E-state index in [-0.39, 0.29) is 5.82 Å². The van der Waals surface area contributed by atoms with Gasteiger partial charge >= 0.3 is 0 Å². The SMILES string of the molecule is Cc1sc(C(O)c2ccc(F)c3ccccc23)cc1Br. The number of hydrogen-bond donors (Lipinski definition) is 1. The molecule has 3 aromatic rings. The second-order valence-electron chi connectivity index (χ2n) is 4.64. The molecule has 102 valence electrons. The summed E-state index contributed by atoms with van der Waals surface area (Å²) in [6.45, 7) is 1.99. The van der Waals surface area contributed by atoms with Crippen molar-refractivity contribution in [2.45, 2.75) is 13.0 Å². The first-order valence-corrected chi connectivity index (χ1v) is 7.80. The van der Waals surface area contributed by atoms with Gasteiger partial charge < -0.3 is 5.11 Å². The van der Waals surface area contributed by atoms with Crippen LogP contribution < -0.4 is 0 Å². The lowest BCUT2D eigenvalue weighted by Gasteiger charge is -2.12. The number of benzene rings is 2. The molecule has 1 heterocycles. The van der Waals surface area contributed by atoms with Gasteiger partial charge in [0, 0.05) is 19.6 Å². The molecule has 1 atom stereocenters. The molecule has 1 unspecified atom stereocenters. The molecule has 0 saturated carbocycles. The first-order valence-electron chi connectivity index (χ1n) is 6.19. The molecule has 1 N–H and O–H groups in total. The van der Waals surface area contributed by atoms with E-state index in [0.717, 1.165) is 25.2 Å². The van der Waals surface area contributed by atoms with Crippen LogP contribution in [0.1, 0.15) is 21.4 Å². The van der Waals surface area contributed by atoms with Crippen LogP contribution >= 0.6 is 27.3 Å². The van der Waals surface area contributed by atoms with E-state index in [1.807, 2.05) is 25.1 Å². The van der Waals surface area contributed by atoms with Crippen molar-refractivity contribution in [2.24, 2.45) is 0 Å². The number of aliphatic hydroxyl groups excluding tert-OH is 1. The Bertz CT molecular complexity index is 762. The fourth-order valence-electron chi connectivity index (χ4n) is 2.29. The molecule has 2 aromatic carbocycles. The lowest BCUT2D eigenvalue weighted by molar-refractivity contribution is 0.225. The molecule has 0 aliphatic rings. The van der Waals surface area contributed by atoms with Crippen LogP contribution in [0.25, 0.3) is 10.8 Å². The molecule has 0 radical (unpaired) electrons. The highest BCUT2D eigenvalue weighted by atomic mass is 79.9. The van der Waals surface area contributed by atoms with Gasteiger partial charge in [0.15, 0.2) is 0 Å². The highest BCUT2D eigenvalue weighted by Gasteiger charge is 2.17. The fourth-order valence-corrected chi connectivity index (χ4v) is 3.86. The number of aliphatic hydroxyl groups is 1. The first kappa shape index (κ1) is 13.7. The van der Waals surface area contributed by atoms with Gasteiger partial charge in [0.25, 0.3) is 0 Å². The Morgan fingerprint density at radius 2 is 1.85 bits per heavy atom. The maximum Gasteiger partial charge on any atom is 0.131 e. The maximum absolute atomic E-state index is 13.8. The minimum atomic E-state index is -0.740. The number of halogens is 2. The highest BCUT2D eigenvalue weighted by molar-refractivity contribution is 9.10. The summed E-state index contributed by atoms with van der Waals surface area (Å²) < 4.78 is 14.8. The smallest absolute Gasteiger partial charge is 0.131 e. The van der Waals surface area contributed by atoms with E-state index in [1.165, 1.54) is 17.4 Å². The van der Waals surface area contributed by atoms with Gasteiger partial charge in [-0.3, -0.25) is 0 Å². The van der Waals surface area contributed by atoms with Crippen molar-refractivity contribution in [3.8, 4) is 0 Å². The molecule has 20 heavy (non-hydrogen) atoms. The molecule has 3 rings (SSSR count). The van der Waals surface area contributed by atoms with Gasteiger partial charge in [-0.2, -0.15) is 0 Å². The summed E-state index contributed by atoms with van der Waals surface area (Å²) >= 11 is 5.00. The molecule has 0 spiro atoms. The van der Waals surface area contributed by atoms with Crippen LogP contribution in [0, 0.1) is 12.7 Å². The van der Waals surface area contributed by atoms with Crippen LogP contribution in [0.15, 0.2) is 46.9 Å². The molecular weight excluding hydrogens is 339 g/mol. The largest absolute Gasteiger partial charge is 0.383 e. The van der Waals surface area contributed by atoms with Crippen molar-refractivity contribution in [1.29, 1.82) is 0 Å². The van der Waals surface area contributed by atoms with Gasteiger partial charge in [-0.1, -0.05) is 30.3 Å². The van der Waals surface area contributed by atoms with Crippen LogP contribution in [0.2, 0.25) is 0 Å². The third-order valence-electron chi connectivity index (χ3n) is 3.34. The monoisotopic (exact) mass is 350 g/mol. The summed E-state index contributed by atoms with van der Waals surface area (Å²) in [5.74, 6) is -0.264. The van der Waals surface area contributed by atoms with E-state index in [2.05, 4.69) is 15.9 Å². The molecule has 0 fully saturated rings. The average molecular weight is 351 g/mol. The van der Waals surface area contributed by atoms with Crippen molar-refractivity contribution in [3.63, 3.8) is 0 Å². The minimum absolute atomic E-state index is 0.264. The van der Waals surface area contributed by atoms with Crippen LogP contribution in [0.4, 0.5) is 4.39 Å². The summed E-state index contributed by atoms with van der Waals surface area (Å²) in [7, 11) is 0. The van der Waals surface area contributed by atoms with Crippen LogP contribution in [-0.4, -0.2) is 5.11 Å². The molecule has 0 aliphatic carbocycles. The Balaban J connectivity index is 2.17. The Labute approximate surface area is 128 Å². The van der Waals surface area contributed by atoms with E-state index in [9.17, 15) is 9.50 Å². The Morgan fingerprint density at radius 3 is 2.50 bits per heavy atom. The summed E-state index contributed by atoms with van der Waals surface area (Å²) in [5, 5.41) is 11.9. The van der Waals surface area contributed by atoms with Crippen molar-refractivity contribution in [1.82, 2.24) is 0 Å². The molecule has 0 bridgehead atoms. The van der Waals surface area contributed by atoms with E-state index in [4.69, 9.17) is 0 Å². The molecule has 0 saturated heterocycles. The predicted octanol–water partition coefficient (Wildman–Crippen LogP) is 5.19. The summed E-state index contributed by atoms with van der Waals surface area (Å²) in [6.07, 6.45) is -0.740. The highest BCUT2D eigenvalue weighted by Crippen LogP contribution is 2.36. The average Bonchev–Trinajstić information content (AvgIpc) is 2.79. The van der Waals surface area contributed by atoms with Crippen LogP contribution in [0.3, 0.4) is 0 Å². The molecular formula is C16H12BrFOS. The number of thiophene rings is 1. The van der Waals surface area contributed by atoms with Gasteiger partial charge in [-0.05, 0) is 45.9 Å². The fraction of sp³-hybridized carbons (Fsp3) is 0.125. The number of rotatable bonds is 2. The molecule has 4 heteroatoms. The third-order valence-corrected chi connectivity index (χ3v) is 5.53. The van der Waals surface area contributed by atoms with Crippen molar-refractivity contribution in [2.75, 3.05) is 0 Å². The maximum atomic E-state index is 13.8. The van der Waals surface area contributed by atoms with Crippen molar-refractivity contribution >= 4 is 38.0 Å². The van der Waals surface area contributed by atoms with E-state index >= 15 is 0 Å².